The van der Waals surface area contributed by atoms with Crippen LogP contribution >= 0.6 is 36.2 Å². The SMILES string of the molecule is Cc1nc(-c2ccc(CNC(=O)[C@@H](C)N)o2)cs1.Cl.Cl. The minimum Gasteiger partial charge on any atom is -0.458 e. The number of halogens is 2. The van der Waals surface area contributed by atoms with E-state index in [4.69, 9.17) is 10.2 Å². The van der Waals surface area contributed by atoms with Crippen LogP contribution in [-0.2, 0) is 11.3 Å². The van der Waals surface area contributed by atoms with Gasteiger partial charge in [-0.25, -0.2) is 4.98 Å². The van der Waals surface area contributed by atoms with Crippen LogP contribution in [0.15, 0.2) is 21.9 Å². The third-order valence-corrected chi connectivity index (χ3v) is 3.16. The highest BCUT2D eigenvalue weighted by Gasteiger charge is 2.10. The van der Waals surface area contributed by atoms with Crippen LogP contribution in [0.5, 0.6) is 0 Å². The molecule has 0 aliphatic rings. The number of nitrogens with one attached hydrogen (secondary N) is 1. The van der Waals surface area contributed by atoms with E-state index in [0.29, 0.717) is 18.1 Å². The average molecular weight is 338 g/mol. The molecule has 5 nitrogen and oxygen atoms in total. The van der Waals surface area contributed by atoms with Gasteiger partial charge in [0, 0.05) is 5.38 Å². The van der Waals surface area contributed by atoms with Gasteiger partial charge in [0.1, 0.15) is 11.5 Å². The molecule has 0 fully saturated rings. The molecule has 0 bridgehead atoms. The van der Waals surface area contributed by atoms with Crippen molar-refractivity contribution < 1.29 is 9.21 Å². The number of rotatable bonds is 4. The third-order valence-electron chi connectivity index (χ3n) is 2.38. The Morgan fingerprint density at radius 1 is 1.50 bits per heavy atom. The summed E-state index contributed by atoms with van der Waals surface area (Å²) >= 11 is 1.57. The Kier molecular flexibility index (Phi) is 7.82. The second-order valence-corrected chi connectivity index (χ2v) is 5.09. The molecule has 1 amide bonds. The zero-order valence-electron chi connectivity index (χ0n) is 11.1. The molecule has 2 rings (SSSR count). The Hall–Kier alpha value is -1.08. The summed E-state index contributed by atoms with van der Waals surface area (Å²) in [7, 11) is 0. The molecule has 0 saturated heterocycles. The van der Waals surface area contributed by atoms with Crippen molar-refractivity contribution in [2.45, 2.75) is 26.4 Å². The summed E-state index contributed by atoms with van der Waals surface area (Å²) in [5, 5.41) is 5.63. The van der Waals surface area contributed by atoms with Gasteiger partial charge in [-0.05, 0) is 26.0 Å². The first-order valence-electron chi connectivity index (χ1n) is 5.61. The van der Waals surface area contributed by atoms with Gasteiger partial charge in [0.25, 0.3) is 0 Å². The summed E-state index contributed by atoms with van der Waals surface area (Å²) in [6.45, 7) is 3.92. The summed E-state index contributed by atoms with van der Waals surface area (Å²) < 4.78 is 5.60. The normalized spacial score (nSPS) is 11.2. The van der Waals surface area contributed by atoms with Crippen molar-refractivity contribution in [2.75, 3.05) is 0 Å². The fraction of sp³-hybridized carbons (Fsp3) is 0.333. The molecular formula is C12H17Cl2N3O2S. The maximum Gasteiger partial charge on any atom is 0.237 e. The van der Waals surface area contributed by atoms with E-state index >= 15 is 0 Å². The molecule has 3 N–H and O–H groups in total. The smallest absolute Gasteiger partial charge is 0.237 e. The van der Waals surface area contributed by atoms with E-state index in [0.717, 1.165) is 10.7 Å². The molecule has 0 radical (unpaired) electrons. The molecule has 0 aliphatic heterocycles. The minimum atomic E-state index is -0.513. The van der Waals surface area contributed by atoms with Crippen LogP contribution in [0, 0.1) is 6.92 Å². The Balaban J connectivity index is 0.00000180. The number of carbonyl (C=O) groups is 1. The number of hydrogen-bond donors (Lipinski definition) is 2. The second kappa shape index (κ2) is 8.26. The summed E-state index contributed by atoms with van der Waals surface area (Å²) in [4.78, 5) is 15.6. The highest BCUT2D eigenvalue weighted by Crippen LogP contribution is 2.23. The van der Waals surface area contributed by atoms with Gasteiger partial charge >= 0.3 is 0 Å². The lowest BCUT2D eigenvalue weighted by Crippen LogP contribution is -2.37. The molecule has 2 aromatic rings. The fourth-order valence-electron chi connectivity index (χ4n) is 1.42. The molecule has 20 heavy (non-hydrogen) atoms. The number of aromatic nitrogens is 1. The first-order valence-corrected chi connectivity index (χ1v) is 6.48. The number of hydrogen-bond acceptors (Lipinski definition) is 5. The topological polar surface area (TPSA) is 81.2 Å². The largest absolute Gasteiger partial charge is 0.458 e. The van der Waals surface area contributed by atoms with Gasteiger partial charge in [0.15, 0.2) is 5.76 Å². The number of carbonyl (C=O) groups excluding carboxylic acids is 1. The molecule has 8 heteroatoms. The molecule has 2 heterocycles. The molecule has 0 aliphatic carbocycles. The van der Waals surface area contributed by atoms with E-state index in [2.05, 4.69) is 10.3 Å². The van der Waals surface area contributed by atoms with Crippen molar-refractivity contribution in [1.29, 1.82) is 0 Å². The van der Waals surface area contributed by atoms with Crippen molar-refractivity contribution in [1.82, 2.24) is 10.3 Å². The number of nitrogens with zero attached hydrogens (tertiary/aromatic N) is 1. The minimum absolute atomic E-state index is 0. The fourth-order valence-corrected chi connectivity index (χ4v) is 2.02. The van der Waals surface area contributed by atoms with E-state index in [-0.39, 0.29) is 30.7 Å². The van der Waals surface area contributed by atoms with Gasteiger partial charge in [0.05, 0.1) is 17.6 Å². The Bertz CT molecular complexity index is 554. The van der Waals surface area contributed by atoms with Gasteiger partial charge in [-0.1, -0.05) is 0 Å². The summed E-state index contributed by atoms with van der Waals surface area (Å²) in [6.07, 6.45) is 0. The third kappa shape index (κ3) is 4.79. The van der Waals surface area contributed by atoms with Crippen LogP contribution in [0.25, 0.3) is 11.5 Å². The van der Waals surface area contributed by atoms with Crippen LogP contribution in [0.3, 0.4) is 0 Å². The predicted octanol–water partition coefficient (Wildman–Crippen LogP) is 2.52. The van der Waals surface area contributed by atoms with Crippen molar-refractivity contribution in [2.24, 2.45) is 5.73 Å². The van der Waals surface area contributed by atoms with Crippen LogP contribution in [0.2, 0.25) is 0 Å². The lowest BCUT2D eigenvalue weighted by atomic mass is 10.3. The van der Waals surface area contributed by atoms with Crippen molar-refractivity contribution in [3.63, 3.8) is 0 Å². The molecule has 0 spiro atoms. The van der Waals surface area contributed by atoms with Gasteiger partial charge in [-0.3, -0.25) is 4.79 Å². The maximum atomic E-state index is 11.3. The monoisotopic (exact) mass is 337 g/mol. The molecule has 0 aromatic carbocycles. The Morgan fingerprint density at radius 3 is 2.75 bits per heavy atom. The molecule has 0 saturated carbocycles. The number of nitrogens with two attached hydrogens (primary N) is 1. The molecule has 112 valence electrons. The molecule has 2 aromatic heterocycles. The van der Waals surface area contributed by atoms with Crippen LogP contribution in [0.4, 0.5) is 0 Å². The molecule has 1 atom stereocenters. The van der Waals surface area contributed by atoms with Crippen molar-refractivity contribution in [3.05, 3.63) is 28.3 Å². The number of thiazole rings is 1. The van der Waals surface area contributed by atoms with E-state index in [1.807, 2.05) is 24.4 Å². The first kappa shape index (κ1) is 18.9. The average Bonchev–Trinajstić information content (AvgIpc) is 2.94. The quantitative estimate of drug-likeness (QED) is 0.898. The lowest BCUT2D eigenvalue weighted by Gasteiger charge is -2.05. The maximum absolute atomic E-state index is 11.3. The zero-order valence-corrected chi connectivity index (χ0v) is 13.5. The number of aryl methyl sites for hydroxylation is 1. The Morgan fingerprint density at radius 2 is 2.20 bits per heavy atom. The highest BCUT2D eigenvalue weighted by molar-refractivity contribution is 7.09. The van der Waals surface area contributed by atoms with E-state index in [1.54, 1.807) is 18.3 Å². The second-order valence-electron chi connectivity index (χ2n) is 4.02. The van der Waals surface area contributed by atoms with Crippen molar-refractivity contribution >= 4 is 42.1 Å². The van der Waals surface area contributed by atoms with E-state index < -0.39 is 6.04 Å². The van der Waals surface area contributed by atoms with Crippen LogP contribution in [0.1, 0.15) is 17.7 Å². The summed E-state index contributed by atoms with van der Waals surface area (Å²) in [5.41, 5.74) is 6.27. The number of amides is 1. The highest BCUT2D eigenvalue weighted by atomic mass is 35.5. The zero-order chi connectivity index (χ0) is 13.1. The van der Waals surface area contributed by atoms with Gasteiger partial charge in [-0.15, -0.1) is 36.2 Å². The van der Waals surface area contributed by atoms with Gasteiger partial charge in [-0.2, -0.15) is 0 Å². The lowest BCUT2D eigenvalue weighted by molar-refractivity contribution is -0.122. The number of furan rings is 1. The standard InChI is InChI=1S/C12H15N3O2S.2ClH/c1-7(13)12(16)14-5-9-3-4-11(17-9)10-6-18-8(2)15-10;;/h3-4,6-7H,5,13H2,1-2H3,(H,14,16);2*1H/t7-;;/m1../s1. The molecule has 0 unspecified atom stereocenters. The summed E-state index contributed by atoms with van der Waals surface area (Å²) in [6, 6.07) is 3.16. The van der Waals surface area contributed by atoms with E-state index in [9.17, 15) is 4.79 Å². The van der Waals surface area contributed by atoms with Gasteiger partial charge < -0.3 is 15.5 Å². The van der Waals surface area contributed by atoms with E-state index in [1.165, 1.54) is 0 Å². The van der Waals surface area contributed by atoms with Gasteiger partial charge in [0.2, 0.25) is 5.91 Å². The van der Waals surface area contributed by atoms with Crippen LogP contribution < -0.4 is 11.1 Å². The molecular weight excluding hydrogens is 321 g/mol. The predicted molar refractivity (Wildman–Crippen MR) is 84.5 cm³/mol. The van der Waals surface area contributed by atoms with Crippen molar-refractivity contribution in [3.8, 4) is 11.5 Å². The Labute approximate surface area is 133 Å². The summed E-state index contributed by atoms with van der Waals surface area (Å²) in [5.74, 6) is 1.20. The first-order chi connectivity index (χ1) is 8.56. The van der Waals surface area contributed by atoms with Crippen LogP contribution in [-0.4, -0.2) is 16.9 Å².